The van der Waals surface area contributed by atoms with Gasteiger partial charge in [-0.2, -0.15) is 0 Å². The Balaban J connectivity index is 2.16. The number of amides is 1. The molecule has 0 fully saturated rings. The first kappa shape index (κ1) is 15.0. The summed E-state index contributed by atoms with van der Waals surface area (Å²) in [5, 5.41) is 9.58. The predicted molar refractivity (Wildman–Crippen MR) is 86.9 cm³/mol. The Morgan fingerprint density at radius 2 is 2.05 bits per heavy atom. The van der Waals surface area contributed by atoms with Gasteiger partial charge in [0, 0.05) is 14.7 Å². The minimum atomic E-state index is -0.309. The highest BCUT2D eigenvalue weighted by Crippen LogP contribution is 2.19. The number of carbonyl (C=O) groups is 1. The van der Waals surface area contributed by atoms with E-state index in [9.17, 15) is 4.79 Å². The zero-order valence-corrected chi connectivity index (χ0v) is 14.1. The number of hydrogen-bond acceptors (Lipinski definition) is 3. The molecule has 0 radical (unpaired) electrons. The number of aromatic amines is 1. The van der Waals surface area contributed by atoms with Crippen LogP contribution in [0.1, 0.15) is 42.8 Å². The molecule has 1 aromatic carbocycles. The smallest absolute Gasteiger partial charge is 0.295 e. The number of benzene rings is 1. The highest BCUT2D eigenvalue weighted by atomic mass is 127. The minimum absolute atomic E-state index is 0.158. The lowest BCUT2D eigenvalue weighted by Crippen LogP contribution is -2.16. The van der Waals surface area contributed by atoms with Gasteiger partial charge >= 0.3 is 0 Å². The van der Waals surface area contributed by atoms with E-state index in [-0.39, 0.29) is 17.1 Å². The van der Waals surface area contributed by atoms with Crippen LogP contribution in [0.2, 0.25) is 0 Å². The van der Waals surface area contributed by atoms with Gasteiger partial charge in [-0.15, -0.1) is 5.10 Å². The van der Waals surface area contributed by atoms with Gasteiger partial charge in [0.2, 0.25) is 5.82 Å². The minimum Gasteiger partial charge on any atom is -0.319 e. The lowest BCUT2D eigenvalue weighted by atomic mass is 9.96. The van der Waals surface area contributed by atoms with Crippen LogP contribution in [-0.2, 0) is 5.41 Å². The molecule has 0 saturated heterocycles. The van der Waals surface area contributed by atoms with E-state index < -0.39 is 0 Å². The highest BCUT2D eigenvalue weighted by molar-refractivity contribution is 14.1. The van der Waals surface area contributed by atoms with Gasteiger partial charge in [-0.1, -0.05) is 26.8 Å². The molecule has 0 unspecified atom stereocenters. The van der Waals surface area contributed by atoms with Crippen LogP contribution in [0.15, 0.2) is 18.2 Å². The van der Waals surface area contributed by atoms with E-state index >= 15 is 0 Å². The van der Waals surface area contributed by atoms with Gasteiger partial charge in [0.05, 0.1) is 0 Å². The second-order valence-electron chi connectivity index (χ2n) is 5.68. The standard InChI is InChI=1S/C14H17IN4O/c1-8-5-6-9(7-10(8)15)16-12(20)11-17-13(19-18-11)14(2,3)4/h5-7H,1-4H3,(H,16,20)(H,17,18,19). The number of hydrogen-bond donors (Lipinski definition) is 2. The van der Waals surface area contributed by atoms with E-state index in [0.717, 1.165) is 9.26 Å². The monoisotopic (exact) mass is 384 g/mol. The van der Waals surface area contributed by atoms with Gasteiger partial charge in [-0.05, 0) is 47.2 Å². The first-order valence-electron chi connectivity index (χ1n) is 6.28. The predicted octanol–water partition coefficient (Wildman–Crippen LogP) is 3.27. The van der Waals surface area contributed by atoms with Crippen LogP contribution in [0.5, 0.6) is 0 Å². The Morgan fingerprint density at radius 1 is 1.35 bits per heavy atom. The Morgan fingerprint density at radius 3 is 2.60 bits per heavy atom. The number of rotatable bonds is 2. The third-order valence-electron chi connectivity index (χ3n) is 2.83. The topological polar surface area (TPSA) is 70.7 Å². The molecule has 1 heterocycles. The maximum absolute atomic E-state index is 12.1. The van der Waals surface area contributed by atoms with Crippen molar-refractivity contribution in [2.24, 2.45) is 0 Å². The van der Waals surface area contributed by atoms with Crippen LogP contribution in [0.25, 0.3) is 0 Å². The summed E-state index contributed by atoms with van der Waals surface area (Å²) >= 11 is 2.24. The molecule has 1 amide bonds. The van der Waals surface area contributed by atoms with Crippen LogP contribution in [0.3, 0.4) is 0 Å². The van der Waals surface area contributed by atoms with Crippen molar-refractivity contribution < 1.29 is 4.79 Å². The maximum Gasteiger partial charge on any atom is 0.295 e. The van der Waals surface area contributed by atoms with Gasteiger partial charge in [0.25, 0.3) is 5.91 Å². The Bertz CT molecular complexity index is 643. The number of aromatic nitrogens is 3. The third kappa shape index (κ3) is 3.36. The molecule has 106 valence electrons. The second kappa shape index (κ2) is 5.51. The maximum atomic E-state index is 12.1. The summed E-state index contributed by atoms with van der Waals surface area (Å²) in [4.78, 5) is 16.3. The quantitative estimate of drug-likeness (QED) is 0.781. The van der Waals surface area contributed by atoms with Crippen LogP contribution >= 0.6 is 22.6 Å². The van der Waals surface area contributed by atoms with Crippen LogP contribution in [-0.4, -0.2) is 21.1 Å². The van der Waals surface area contributed by atoms with E-state index in [1.54, 1.807) is 0 Å². The average Bonchev–Trinajstić information content (AvgIpc) is 2.83. The first-order chi connectivity index (χ1) is 9.27. The molecular weight excluding hydrogens is 367 g/mol. The molecule has 6 heteroatoms. The molecule has 0 bridgehead atoms. The molecule has 2 rings (SSSR count). The van der Waals surface area contributed by atoms with Crippen molar-refractivity contribution in [2.75, 3.05) is 5.32 Å². The van der Waals surface area contributed by atoms with Gasteiger partial charge in [-0.25, -0.2) is 4.98 Å². The number of H-pyrrole nitrogens is 1. The SMILES string of the molecule is Cc1ccc(NC(=O)c2n[nH]c(C(C)(C)C)n2)cc1I. The number of aryl methyl sites for hydroxylation is 1. The van der Waals surface area contributed by atoms with Crippen LogP contribution in [0.4, 0.5) is 5.69 Å². The van der Waals surface area contributed by atoms with Gasteiger partial charge in [0.1, 0.15) is 5.82 Å². The Hall–Kier alpha value is -1.44. The van der Waals surface area contributed by atoms with Crippen LogP contribution in [0, 0.1) is 10.5 Å². The lowest BCUT2D eigenvalue weighted by Gasteiger charge is -2.12. The first-order valence-corrected chi connectivity index (χ1v) is 7.35. The van der Waals surface area contributed by atoms with E-state index in [4.69, 9.17) is 0 Å². The molecule has 0 spiro atoms. The normalized spacial score (nSPS) is 11.4. The highest BCUT2D eigenvalue weighted by Gasteiger charge is 2.21. The van der Waals surface area contributed by atoms with Crippen LogP contribution < -0.4 is 5.32 Å². The van der Waals surface area contributed by atoms with Crippen molar-refractivity contribution in [3.05, 3.63) is 39.0 Å². The molecule has 2 aromatic rings. The summed E-state index contributed by atoms with van der Waals surface area (Å²) in [5.41, 5.74) is 1.76. The third-order valence-corrected chi connectivity index (χ3v) is 3.99. The molecule has 0 saturated carbocycles. The fourth-order valence-corrected chi connectivity index (χ4v) is 2.07. The Labute approximate surface area is 131 Å². The molecule has 2 N–H and O–H groups in total. The molecule has 1 aromatic heterocycles. The summed E-state index contributed by atoms with van der Waals surface area (Å²) in [6.45, 7) is 8.06. The molecule has 0 aliphatic carbocycles. The Kier molecular flexibility index (Phi) is 4.12. The van der Waals surface area contributed by atoms with E-state index in [2.05, 4.69) is 43.1 Å². The van der Waals surface area contributed by atoms with Gasteiger partial charge < -0.3 is 5.32 Å². The van der Waals surface area contributed by atoms with Crippen molar-refractivity contribution in [1.29, 1.82) is 0 Å². The summed E-state index contributed by atoms with van der Waals surface area (Å²) in [7, 11) is 0. The molecule has 20 heavy (non-hydrogen) atoms. The number of halogens is 1. The molecule has 0 atom stereocenters. The molecular formula is C14H17IN4O. The summed E-state index contributed by atoms with van der Waals surface area (Å²) in [6, 6.07) is 5.76. The summed E-state index contributed by atoms with van der Waals surface area (Å²) in [6.07, 6.45) is 0. The van der Waals surface area contributed by atoms with E-state index in [0.29, 0.717) is 5.82 Å². The zero-order chi connectivity index (χ0) is 14.9. The van der Waals surface area contributed by atoms with E-state index in [1.807, 2.05) is 45.9 Å². The average molecular weight is 384 g/mol. The fourth-order valence-electron chi connectivity index (χ4n) is 1.56. The second-order valence-corrected chi connectivity index (χ2v) is 6.84. The van der Waals surface area contributed by atoms with Gasteiger partial charge in [-0.3, -0.25) is 9.89 Å². The number of carbonyl (C=O) groups excluding carboxylic acids is 1. The largest absolute Gasteiger partial charge is 0.319 e. The lowest BCUT2D eigenvalue weighted by molar-refractivity contribution is 0.101. The number of nitrogens with one attached hydrogen (secondary N) is 2. The molecule has 0 aliphatic rings. The van der Waals surface area contributed by atoms with Crippen molar-refractivity contribution >= 4 is 34.2 Å². The molecule has 0 aliphatic heterocycles. The van der Waals surface area contributed by atoms with Crippen molar-refractivity contribution in [2.45, 2.75) is 33.1 Å². The van der Waals surface area contributed by atoms with E-state index in [1.165, 1.54) is 5.56 Å². The van der Waals surface area contributed by atoms with Crippen molar-refractivity contribution in [3.63, 3.8) is 0 Å². The number of anilines is 1. The number of nitrogens with zero attached hydrogens (tertiary/aromatic N) is 2. The van der Waals surface area contributed by atoms with Gasteiger partial charge in [0.15, 0.2) is 0 Å². The zero-order valence-electron chi connectivity index (χ0n) is 11.9. The summed E-state index contributed by atoms with van der Waals surface area (Å²) in [5.74, 6) is 0.544. The van der Waals surface area contributed by atoms with Crippen molar-refractivity contribution in [1.82, 2.24) is 15.2 Å². The molecule has 5 nitrogen and oxygen atoms in total. The van der Waals surface area contributed by atoms with Crippen molar-refractivity contribution in [3.8, 4) is 0 Å². The summed E-state index contributed by atoms with van der Waals surface area (Å²) < 4.78 is 1.10. The fraction of sp³-hybridized carbons (Fsp3) is 0.357.